The third-order valence-electron chi connectivity index (χ3n) is 1.95. The molecule has 1 saturated heterocycles. The van der Waals surface area contributed by atoms with E-state index in [-0.39, 0.29) is 0 Å². The molecule has 1 aliphatic carbocycles. The van der Waals surface area contributed by atoms with E-state index < -0.39 is 0 Å². The molecule has 11 heavy (non-hydrogen) atoms. The van der Waals surface area contributed by atoms with Gasteiger partial charge in [-0.05, 0) is 24.5 Å². The van der Waals surface area contributed by atoms with E-state index in [2.05, 4.69) is 19.1 Å². The summed E-state index contributed by atoms with van der Waals surface area (Å²) in [5.41, 5.74) is 0. The van der Waals surface area contributed by atoms with Gasteiger partial charge in [-0.15, -0.1) is 0 Å². The van der Waals surface area contributed by atoms with Crippen LogP contribution in [0, 0.1) is 5.92 Å². The predicted molar refractivity (Wildman–Crippen MR) is 41.9 cm³/mol. The van der Waals surface area contributed by atoms with E-state index >= 15 is 0 Å². The van der Waals surface area contributed by atoms with Crippen LogP contribution < -0.4 is 0 Å². The minimum atomic E-state index is 0.593. The standard InChI is InChI=1S/C9H12O2/c1-7-2-3-8-9(6-7)11-5-4-10-8/h3,6-7H,2,4-5H2,1H3/t7-/m0/s1. The molecule has 60 valence electrons. The summed E-state index contributed by atoms with van der Waals surface area (Å²) in [6.07, 6.45) is 5.32. The van der Waals surface area contributed by atoms with Gasteiger partial charge in [0.05, 0.1) is 0 Å². The van der Waals surface area contributed by atoms with E-state index in [1.165, 1.54) is 0 Å². The maximum absolute atomic E-state index is 5.42. The largest absolute Gasteiger partial charge is 0.486 e. The highest BCUT2D eigenvalue weighted by molar-refractivity contribution is 5.25. The van der Waals surface area contributed by atoms with Crippen molar-refractivity contribution in [1.82, 2.24) is 0 Å². The van der Waals surface area contributed by atoms with Gasteiger partial charge in [-0.25, -0.2) is 0 Å². The third-order valence-corrected chi connectivity index (χ3v) is 1.95. The van der Waals surface area contributed by atoms with Crippen molar-refractivity contribution in [1.29, 1.82) is 0 Å². The van der Waals surface area contributed by atoms with E-state index in [9.17, 15) is 0 Å². The first kappa shape index (κ1) is 6.77. The molecule has 2 heteroatoms. The van der Waals surface area contributed by atoms with Crippen molar-refractivity contribution >= 4 is 0 Å². The van der Waals surface area contributed by atoms with Gasteiger partial charge in [-0.1, -0.05) is 6.92 Å². The van der Waals surface area contributed by atoms with Gasteiger partial charge in [0.25, 0.3) is 0 Å². The summed E-state index contributed by atoms with van der Waals surface area (Å²) in [6, 6.07) is 0. The fraction of sp³-hybridized carbons (Fsp3) is 0.556. The van der Waals surface area contributed by atoms with Crippen LogP contribution in [0.4, 0.5) is 0 Å². The van der Waals surface area contributed by atoms with Gasteiger partial charge in [0.1, 0.15) is 13.2 Å². The van der Waals surface area contributed by atoms with E-state index in [4.69, 9.17) is 9.47 Å². The van der Waals surface area contributed by atoms with E-state index in [0.717, 1.165) is 17.9 Å². The maximum Gasteiger partial charge on any atom is 0.157 e. The van der Waals surface area contributed by atoms with E-state index in [1.54, 1.807) is 0 Å². The summed E-state index contributed by atoms with van der Waals surface area (Å²) in [7, 11) is 0. The molecule has 2 nitrogen and oxygen atoms in total. The Morgan fingerprint density at radius 3 is 2.82 bits per heavy atom. The highest BCUT2D eigenvalue weighted by Crippen LogP contribution is 2.26. The molecule has 2 rings (SSSR count). The van der Waals surface area contributed by atoms with Crippen LogP contribution in [0.2, 0.25) is 0 Å². The minimum Gasteiger partial charge on any atom is -0.486 e. The third kappa shape index (κ3) is 1.25. The molecule has 0 radical (unpaired) electrons. The normalized spacial score (nSPS) is 29.0. The number of fused-ring (bicyclic) bond motifs is 1. The molecule has 1 atom stereocenters. The molecule has 0 N–H and O–H groups in total. The molecule has 0 saturated carbocycles. The molecule has 0 amide bonds. The first-order chi connectivity index (χ1) is 5.36. The summed E-state index contributed by atoms with van der Waals surface area (Å²) < 4.78 is 10.8. The highest BCUT2D eigenvalue weighted by atomic mass is 16.6. The first-order valence-corrected chi connectivity index (χ1v) is 4.04. The van der Waals surface area contributed by atoms with Crippen molar-refractivity contribution in [3.8, 4) is 0 Å². The fourth-order valence-corrected chi connectivity index (χ4v) is 1.35. The predicted octanol–water partition coefficient (Wildman–Crippen LogP) is 1.84. The number of rotatable bonds is 0. The lowest BCUT2D eigenvalue weighted by Gasteiger charge is -2.24. The van der Waals surface area contributed by atoms with Crippen LogP contribution in [0.25, 0.3) is 0 Å². The Balaban J connectivity index is 2.19. The molecule has 1 fully saturated rings. The molecular weight excluding hydrogens is 140 g/mol. The highest BCUT2D eigenvalue weighted by Gasteiger charge is 2.18. The Morgan fingerprint density at radius 2 is 2.00 bits per heavy atom. The van der Waals surface area contributed by atoms with E-state index in [0.29, 0.717) is 19.1 Å². The van der Waals surface area contributed by atoms with Crippen LogP contribution in [0.3, 0.4) is 0 Å². The van der Waals surface area contributed by atoms with Crippen LogP contribution in [-0.4, -0.2) is 13.2 Å². The second-order valence-corrected chi connectivity index (χ2v) is 3.01. The first-order valence-electron chi connectivity index (χ1n) is 4.04. The minimum absolute atomic E-state index is 0.593. The second kappa shape index (κ2) is 2.61. The van der Waals surface area contributed by atoms with Gasteiger partial charge in [0.2, 0.25) is 0 Å². The maximum atomic E-state index is 5.42. The Hall–Kier alpha value is -0.920. The SMILES string of the molecule is C[C@@H]1C=C2OCCOC2=CC1. The molecule has 1 heterocycles. The van der Waals surface area contributed by atoms with Crippen molar-refractivity contribution in [2.45, 2.75) is 13.3 Å². The smallest absolute Gasteiger partial charge is 0.157 e. The molecule has 1 aliphatic heterocycles. The van der Waals surface area contributed by atoms with Crippen LogP contribution in [0.5, 0.6) is 0 Å². The van der Waals surface area contributed by atoms with Gasteiger partial charge < -0.3 is 9.47 Å². The molecule has 2 aliphatic rings. The van der Waals surface area contributed by atoms with Crippen molar-refractivity contribution in [2.24, 2.45) is 5.92 Å². The molecule has 0 aromatic carbocycles. The quantitative estimate of drug-likeness (QED) is 0.527. The average molecular weight is 152 g/mol. The zero-order valence-corrected chi connectivity index (χ0v) is 6.67. The molecule has 0 bridgehead atoms. The summed E-state index contributed by atoms with van der Waals surface area (Å²) in [6.45, 7) is 3.56. The summed E-state index contributed by atoms with van der Waals surface area (Å²) in [5, 5.41) is 0. The zero-order chi connectivity index (χ0) is 7.68. The monoisotopic (exact) mass is 152 g/mol. The zero-order valence-electron chi connectivity index (χ0n) is 6.67. The fourth-order valence-electron chi connectivity index (χ4n) is 1.35. The lowest BCUT2D eigenvalue weighted by molar-refractivity contribution is 0.0557. The van der Waals surface area contributed by atoms with Gasteiger partial charge in [0.15, 0.2) is 11.5 Å². The second-order valence-electron chi connectivity index (χ2n) is 3.01. The Bertz CT molecular complexity index is 216. The number of hydrogen-bond acceptors (Lipinski definition) is 2. The van der Waals surface area contributed by atoms with Crippen LogP contribution >= 0.6 is 0 Å². The molecule has 0 unspecified atom stereocenters. The average Bonchev–Trinajstić information content (AvgIpc) is 2.04. The van der Waals surface area contributed by atoms with E-state index in [1.807, 2.05) is 0 Å². The molecular formula is C9H12O2. The Kier molecular flexibility index (Phi) is 1.60. The lowest BCUT2D eigenvalue weighted by atomic mass is 10.0. The Morgan fingerprint density at radius 1 is 1.27 bits per heavy atom. The number of hydrogen-bond donors (Lipinski definition) is 0. The van der Waals surface area contributed by atoms with Crippen LogP contribution in [0.1, 0.15) is 13.3 Å². The topological polar surface area (TPSA) is 18.5 Å². The number of ether oxygens (including phenoxy) is 2. The number of allylic oxidation sites excluding steroid dienone is 2. The van der Waals surface area contributed by atoms with Crippen LogP contribution in [0.15, 0.2) is 23.7 Å². The van der Waals surface area contributed by atoms with Crippen molar-refractivity contribution < 1.29 is 9.47 Å². The molecule has 0 aromatic rings. The van der Waals surface area contributed by atoms with Crippen molar-refractivity contribution in [3.05, 3.63) is 23.7 Å². The lowest BCUT2D eigenvalue weighted by Crippen LogP contribution is -2.17. The van der Waals surface area contributed by atoms with Crippen molar-refractivity contribution in [2.75, 3.05) is 13.2 Å². The summed E-state index contributed by atoms with van der Waals surface area (Å²) in [4.78, 5) is 0. The van der Waals surface area contributed by atoms with Gasteiger partial charge in [0, 0.05) is 0 Å². The van der Waals surface area contributed by atoms with Crippen molar-refractivity contribution in [3.63, 3.8) is 0 Å². The molecule has 0 aromatic heterocycles. The van der Waals surface area contributed by atoms with Crippen LogP contribution in [-0.2, 0) is 9.47 Å². The summed E-state index contributed by atoms with van der Waals surface area (Å²) >= 11 is 0. The van der Waals surface area contributed by atoms with Gasteiger partial charge in [-0.2, -0.15) is 0 Å². The van der Waals surface area contributed by atoms with Gasteiger partial charge in [-0.3, -0.25) is 0 Å². The van der Waals surface area contributed by atoms with Gasteiger partial charge >= 0.3 is 0 Å². The Labute approximate surface area is 66.5 Å². The summed E-state index contributed by atoms with van der Waals surface area (Å²) in [5.74, 6) is 2.47. The molecule has 0 spiro atoms.